The Balaban J connectivity index is -0.0000000491. The maximum atomic E-state index is 10.2. The minimum Gasteiger partial charge on any atom is -0.346 e. The molecule has 0 aromatic heterocycles. The number of phosphoric acid groups is 1. The van der Waals surface area contributed by atoms with E-state index >= 15 is 0 Å². The predicted molar refractivity (Wildman–Crippen MR) is 42.5 cm³/mol. The van der Waals surface area contributed by atoms with Crippen molar-refractivity contribution in [3.63, 3.8) is 0 Å². The summed E-state index contributed by atoms with van der Waals surface area (Å²) in [6.07, 6.45) is -4.25. The van der Waals surface area contributed by atoms with Gasteiger partial charge in [0.05, 0.1) is 0 Å². The molecule has 3 N–H and O–H groups in total. The number of hydrogen-bond donors (Lipinski definition) is 3. The van der Waals surface area contributed by atoms with Gasteiger partial charge in [0.1, 0.15) is 0 Å². The van der Waals surface area contributed by atoms with Crippen LogP contribution in [0.15, 0.2) is 0 Å². The first-order valence-corrected chi connectivity index (χ1v) is 3.98. The van der Waals surface area contributed by atoms with Crippen molar-refractivity contribution in [2.75, 3.05) is 0 Å². The summed E-state index contributed by atoms with van der Waals surface area (Å²) >= 11 is 0. The molecule has 0 radical (unpaired) electrons. The van der Waals surface area contributed by atoms with Gasteiger partial charge >= 0.3 is 45.6 Å². The Bertz CT molecular complexity index is 120. The second-order valence-electron chi connectivity index (χ2n) is 1.13. The standard InChI is InChI=1S/C2H2F3.C2H5.Ca.H3O4P/c1-2(3,4)5;1-2;;1-5(2,3)4/h1H2;1H2,2H3;;(H3,1,2,3,4)/q2*-1;+2;. The van der Waals surface area contributed by atoms with E-state index in [0.717, 1.165) is 0 Å². The molecular formula is C4H10CaF3O4P. The summed E-state index contributed by atoms with van der Waals surface area (Å²) in [5, 5.41) is 0. The van der Waals surface area contributed by atoms with Crippen LogP contribution in [0.25, 0.3) is 0 Å². The van der Waals surface area contributed by atoms with Crippen molar-refractivity contribution >= 4 is 45.6 Å². The summed E-state index contributed by atoms with van der Waals surface area (Å²) in [5.74, 6) is 0. The Morgan fingerprint density at radius 2 is 1.15 bits per heavy atom. The van der Waals surface area contributed by atoms with Gasteiger partial charge in [-0.25, -0.2) is 24.7 Å². The van der Waals surface area contributed by atoms with Gasteiger partial charge in [-0.15, -0.1) is 0 Å². The number of halogens is 3. The molecule has 0 bridgehead atoms. The van der Waals surface area contributed by atoms with Crippen LogP contribution in [0.5, 0.6) is 0 Å². The summed E-state index contributed by atoms with van der Waals surface area (Å²) in [6.45, 7) is 6.77. The fourth-order valence-electron chi connectivity index (χ4n) is 0. The van der Waals surface area contributed by atoms with Gasteiger partial charge in [-0.3, -0.25) is 0 Å². The zero-order chi connectivity index (χ0) is 11.0. The molecule has 0 rings (SSSR count). The smallest absolute Gasteiger partial charge is 0.346 e. The molecule has 0 aliphatic heterocycles. The molecule has 0 aliphatic rings. The van der Waals surface area contributed by atoms with E-state index < -0.39 is 14.0 Å². The summed E-state index contributed by atoms with van der Waals surface area (Å²) in [6, 6.07) is 0. The zero-order valence-electron chi connectivity index (χ0n) is 6.95. The summed E-state index contributed by atoms with van der Waals surface area (Å²) in [5.41, 5.74) is 0. The van der Waals surface area contributed by atoms with Crippen molar-refractivity contribution in [2.45, 2.75) is 13.1 Å². The van der Waals surface area contributed by atoms with Crippen molar-refractivity contribution in [1.82, 2.24) is 0 Å². The summed E-state index contributed by atoms with van der Waals surface area (Å²) in [4.78, 5) is 21.6. The molecule has 0 aromatic rings. The van der Waals surface area contributed by atoms with Gasteiger partial charge in [-0.2, -0.15) is 6.92 Å². The molecule has 13 heavy (non-hydrogen) atoms. The van der Waals surface area contributed by atoms with Crippen LogP contribution in [0.1, 0.15) is 6.92 Å². The molecule has 0 saturated carbocycles. The average molecular weight is 250 g/mol. The minimum absolute atomic E-state index is 0. The zero-order valence-corrected chi connectivity index (χ0v) is 10.1. The average Bonchev–Trinajstić information content (AvgIpc) is 1.59. The Kier molecular flexibility index (Phi) is 20.5. The summed E-state index contributed by atoms with van der Waals surface area (Å²) < 4.78 is 39.6. The molecule has 78 valence electrons. The Morgan fingerprint density at radius 1 is 1.15 bits per heavy atom. The van der Waals surface area contributed by atoms with Crippen LogP contribution in [0, 0.1) is 13.8 Å². The van der Waals surface area contributed by atoms with Crippen molar-refractivity contribution in [1.29, 1.82) is 0 Å². The van der Waals surface area contributed by atoms with Gasteiger partial charge < -0.3 is 21.6 Å². The molecule has 9 heteroatoms. The van der Waals surface area contributed by atoms with Crippen LogP contribution in [-0.2, 0) is 4.57 Å². The molecule has 0 heterocycles. The first kappa shape index (κ1) is 23.8. The third kappa shape index (κ3) is 1220. The molecule has 0 fully saturated rings. The van der Waals surface area contributed by atoms with E-state index in [0.29, 0.717) is 0 Å². The van der Waals surface area contributed by atoms with Crippen LogP contribution in [-0.4, -0.2) is 58.6 Å². The minimum atomic E-state index is -4.64. The first-order valence-electron chi connectivity index (χ1n) is 2.41. The predicted octanol–water partition coefficient (Wildman–Crippen LogP) is 0.914. The van der Waals surface area contributed by atoms with Gasteiger partial charge in [0, 0.05) is 0 Å². The third-order valence-corrected chi connectivity index (χ3v) is 0. The Hall–Kier alpha value is 1.16. The van der Waals surface area contributed by atoms with Crippen LogP contribution < -0.4 is 0 Å². The first-order chi connectivity index (χ1) is 5.00. The topological polar surface area (TPSA) is 77.8 Å². The molecule has 0 aliphatic carbocycles. The number of hydrogen-bond acceptors (Lipinski definition) is 1. The van der Waals surface area contributed by atoms with Gasteiger partial charge in [0.25, 0.3) is 6.18 Å². The Morgan fingerprint density at radius 3 is 1.15 bits per heavy atom. The normalized spacial score (nSPS) is 9.62. The van der Waals surface area contributed by atoms with Gasteiger partial charge in [0.15, 0.2) is 0 Å². The van der Waals surface area contributed by atoms with Gasteiger partial charge in [0.2, 0.25) is 0 Å². The van der Waals surface area contributed by atoms with E-state index in [2.05, 4.69) is 6.92 Å². The molecule has 0 aromatic carbocycles. The molecular weight excluding hydrogens is 240 g/mol. The van der Waals surface area contributed by atoms with E-state index in [-0.39, 0.29) is 37.7 Å². The van der Waals surface area contributed by atoms with Gasteiger partial charge in [-0.05, 0) is 0 Å². The number of alkyl halides is 3. The van der Waals surface area contributed by atoms with Crippen molar-refractivity contribution in [3.8, 4) is 0 Å². The molecule has 0 atom stereocenters. The maximum Gasteiger partial charge on any atom is 2.00 e. The van der Waals surface area contributed by atoms with Crippen LogP contribution in [0.3, 0.4) is 0 Å². The monoisotopic (exact) mass is 250 g/mol. The van der Waals surface area contributed by atoms with E-state index in [4.69, 9.17) is 19.2 Å². The SMILES string of the molecule is O=P(O)(O)O.[CH2-]C.[CH2-]C(F)(F)F.[Ca+2]. The van der Waals surface area contributed by atoms with Crippen LogP contribution >= 0.6 is 7.82 Å². The maximum absolute atomic E-state index is 10.2. The quantitative estimate of drug-likeness (QED) is 0.339. The summed E-state index contributed by atoms with van der Waals surface area (Å²) in [7, 11) is -4.64. The largest absolute Gasteiger partial charge is 2.00 e. The fourth-order valence-corrected chi connectivity index (χ4v) is 0. The molecule has 4 nitrogen and oxygen atoms in total. The second kappa shape index (κ2) is 11.2. The van der Waals surface area contributed by atoms with Crippen molar-refractivity contribution < 1.29 is 32.4 Å². The van der Waals surface area contributed by atoms with Crippen molar-refractivity contribution in [3.05, 3.63) is 13.8 Å². The van der Waals surface area contributed by atoms with Crippen LogP contribution in [0.4, 0.5) is 13.2 Å². The molecule has 0 spiro atoms. The van der Waals surface area contributed by atoms with Crippen molar-refractivity contribution in [2.24, 2.45) is 0 Å². The fraction of sp³-hybridized carbons (Fsp3) is 0.500. The third-order valence-electron chi connectivity index (χ3n) is 0. The molecule has 0 unspecified atom stereocenters. The van der Waals surface area contributed by atoms with E-state index in [1.54, 1.807) is 13.8 Å². The molecule has 0 saturated heterocycles. The number of rotatable bonds is 0. The van der Waals surface area contributed by atoms with E-state index in [9.17, 15) is 13.2 Å². The van der Waals surface area contributed by atoms with E-state index in [1.165, 1.54) is 0 Å². The second-order valence-corrected chi connectivity index (χ2v) is 2.16. The Labute approximate surface area is 104 Å². The van der Waals surface area contributed by atoms with Gasteiger partial charge in [-0.1, -0.05) is 0 Å². The van der Waals surface area contributed by atoms with Crippen LogP contribution in [0.2, 0.25) is 0 Å². The molecule has 0 amide bonds. The van der Waals surface area contributed by atoms with E-state index in [1.807, 2.05) is 0 Å².